The molecule has 1 aromatic heterocycles. The van der Waals surface area contributed by atoms with E-state index in [1.165, 1.54) is 0 Å². The van der Waals surface area contributed by atoms with E-state index in [0.717, 1.165) is 68.7 Å². The highest BCUT2D eigenvalue weighted by molar-refractivity contribution is 9.10. The molecule has 0 unspecified atom stereocenters. The van der Waals surface area contributed by atoms with Crippen LogP contribution in [0, 0.1) is 28.6 Å². The van der Waals surface area contributed by atoms with E-state index >= 15 is 0 Å². The van der Waals surface area contributed by atoms with Crippen molar-refractivity contribution in [1.82, 2.24) is 9.97 Å². The maximum atomic E-state index is 9.67. The second kappa shape index (κ2) is 8.95. The third kappa shape index (κ3) is 3.94. The second-order valence-electron chi connectivity index (χ2n) is 9.46. The predicted octanol–water partition coefficient (Wildman–Crippen LogP) is 7.99. The van der Waals surface area contributed by atoms with Gasteiger partial charge in [0.2, 0.25) is 0 Å². The highest BCUT2D eigenvalue weighted by Crippen LogP contribution is 2.39. The zero-order valence-corrected chi connectivity index (χ0v) is 21.9. The molecule has 0 aliphatic carbocycles. The first-order valence-corrected chi connectivity index (χ1v) is 13.0. The van der Waals surface area contributed by atoms with Crippen LogP contribution in [0.5, 0.6) is 0 Å². The largest absolute Gasteiger partial charge is 0.381 e. The van der Waals surface area contributed by atoms with Crippen LogP contribution in [0.25, 0.3) is 44.0 Å². The minimum Gasteiger partial charge on any atom is -0.381 e. The van der Waals surface area contributed by atoms with Crippen LogP contribution in [0.15, 0.2) is 59.1 Å². The minimum atomic E-state index is -0.0199. The molecule has 2 heterocycles. The summed E-state index contributed by atoms with van der Waals surface area (Å²) in [6.07, 6.45) is 1.90. The van der Waals surface area contributed by atoms with Gasteiger partial charge in [-0.05, 0) is 66.9 Å². The molecule has 0 radical (unpaired) electrons. The van der Waals surface area contributed by atoms with E-state index in [-0.39, 0.29) is 5.41 Å². The predicted molar refractivity (Wildman–Crippen MR) is 149 cm³/mol. The number of halogens is 2. The van der Waals surface area contributed by atoms with Crippen LogP contribution >= 0.6 is 27.5 Å². The van der Waals surface area contributed by atoms with Gasteiger partial charge in [-0.2, -0.15) is 5.26 Å². The maximum Gasteiger partial charge on any atom is 0.141 e. The van der Waals surface area contributed by atoms with E-state index in [4.69, 9.17) is 21.3 Å². The molecule has 4 nitrogen and oxygen atoms in total. The van der Waals surface area contributed by atoms with Gasteiger partial charge in [0.05, 0.1) is 33.3 Å². The fraction of sp³-hybridized carbons (Fsp3) is 0.200. The summed E-state index contributed by atoms with van der Waals surface area (Å²) in [4.78, 5) is 8.42. The Hall–Kier alpha value is -3.35. The lowest BCUT2D eigenvalue weighted by Crippen LogP contribution is -2.24. The number of hydrogen-bond donors (Lipinski definition) is 1. The van der Waals surface area contributed by atoms with Gasteiger partial charge in [0.1, 0.15) is 5.82 Å². The van der Waals surface area contributed by atoms with E-state index in [1.807, 2.05) is 6.07 Å². The number of hydrogen-bond acceptors (Lipinski definition) is 3. The van der Waals surface area contributed by atoms with Crippen LogP contribution in [0.3, 0.4) is 0 Å². The van der Waals surface area contributed by atoms with Gasteiger partial charge in [-0.25, -0.2) is 4.98 Å². The second-order valence-corrected chi connectivity index (χ2v) is 10.8. The summed E-state index contributed by atoms with van der Waals surface area (Å²) >= 11 is 10.2. The van der Waals surface area contributed by atoms with Gasteiger partial charge in [-0.15, -0.1) is 0 Å². The molecular weight excluding hydrogens is 534 g/mol. The van der Waals surface area contributed by atoms with E-state index < -0.39 is 0 Å². The monoisotopic (exact) mass is 553 g/mol. The van der Waals surface area contributed by atoms with Gasteiger partial charge in [0.15, 0.2) is 0 Å². The van der Waals surface area contributed by atoms with Crippen LogP contribution in [0.2, 0.25) is 5.02 Å². The summed E-state index contributed by atoms with van der Waals surface area (Å²) in [6, 6.07) is 20.1. The molecule has 0 spiro atoms. The van der Waals surface area contributed by atoms with Crippen LogP contribution < -0.4 is 0 Å². The normalized spacial score (nSPS) is 15.1. The van der Waals surface area contributed by atoms with Crippen molar-refractivity contribution in [3.05, 3.63) is 75.2 Å². The summed E-state index contributed by atoms with van der Waals surface area (Å²) in [7, 11) is 0. The van der Waals surface area contributed by atoms with Crippen molar-refractivity contribution in [2.75, 3.05) is 13.2 Å². The lowest BCUT2D eigenvalue weighted by molar-refractivity contribution is 0.0487. The van der Waals surface area contributed by atoms with Crippen molar-refractivity contribution in [3.8, 4) is 29.3 Å². The number of nitriles is 1. The minimum absolute atomic E-state index is 0.0199. The molecule has 1 N–H and O–H groups in total. The molecule has 1 aliphatic rings. The standard InChI is InChI=1S/C30H21BrClN3O/c1-30(11-13-36-14-12-30)10-9-18-5-7-21-23(15-18)24-16-20(31)6-8-22(24)28-27(21)34-29(35-28)26-19(17-33)3-2-4-25(26)32/h2-8,15-16H,11-14H2,1H3,(H,34,35). The first-order chi connectivity index (χ1) is 17.5. The number of imidazole rings is 1. The Morgan fingerprint density at radius 2 is 1.81 bits per heavy atom. The van der Waals surface area contributed by atoms with Crippen LogP contribution in [-0.2, 0) is 4.74 Å². The smallest absolute Gasteiger partial charge is 0.141 e. The highest BCUT2D eigenvalue weighted by Gasteiger charge is 2.25. The number of fused-ring (bicyclic) bond motifs is 6. The first kappa shape index (κ1) is 23.1. The lowest BCUT2D eigenvalue weighted by Gasteiger charge is -2.28. The molecule has 36 heavy (non-hydrogen) atoms. The molecule has 6 rings (SSSR count). The summed E-state index contributed by atoms with van der Waals surface area (Å²) in [5.74, 6) is 7.53. The average molecular weight is 555 g/mol. The first-order valence-electron chi connectivity index (χ1n) is 11.8. The number of nitrogens with one attached hydrogen (secondary N) is 1. The van der Waals surface area contributed by atoms with E-state index in [9.17, 15) is 5.26 Å². The van der Waals surface area contributed by atoms with Gasteiger partial charge < -0.3 is 9.72 Å². The van der Waals surface area contributed by atoms with Crippen LogP contribution in [0.4, 0.5) is 0 Å². The van der Waals surface area contributed by atoms with E-state index in [1.54, 1.807) is 18.2 Å². The Labute approximate surface area is 222 Å². The average Bonchev–Trinajstić information content (AvgIpc) is 3.33. The Morgan fingerprint density at radius 1 is 1.03 bits per heavy atom. The molecule has 0 saturated carbocycles. The van der Waals surface area contributed by atoms with Crippen LogP contribution in [0.1, 0.15) is 30.9 Å². The topological polar surface area (TPSA) is 61.7 Å². The SMILES string of the molecule is CC1(C#Cc2ccc3c(c2)c2cc(Br)ccc2c2nc(-c4c(Cl)cccc4C#N)[nH]c32)CCOCC1. The number of rotatable bonds is 1. The number of benzene rings is 4. The quantitative estimate of drug-likeness (QED) is 0.169. The van der Waals surface area contributed by atoms with Gasteiger partial charge in [-0.3, -0.25) is 0 Å². The van der Waals surface area contributed by atoms with Crippen molar-refractivity contribution in [2.45, 2.75) is 19.8 Å². The van der Waals surface area contributed by atoms with Gasteiger partial charge in [0, 0.05) is 39.4 Å². The van der Waals surface area contributed by atoms with E-state index in [0.29, 0.717) is 22.0 Å². The number of ether oxygens (including phenoxy) is 1. The summed E-state index contributed by atoms with van der Waals surface area (Å²) in [5, 5.41) is 14.4. The summed E-state index contributed by atoms with van der Waals surface area (Å²) in [5.41, 5.74) is 3.81. The Bertz CT molecular complexity index is 1780. The van der Waals surface area contributed by atoms with E-state index in [2.05, 4.69) is 76.1 Å². The third-order valence-corrected chi connectivity index (χ3v) is 7.80. The number of aromatic nitrogens is 2. The molecule has 176 valence electrons. The summed E-state index contributed by atoms with van der Waals surface area (Å²) < 4.78 is 6.52. The van der Waals surface area contributed by atoms with Gasteiger partial charge in [-0.1, -0.05) is 57.6 Å². The van der Waals surface area contributed by atoms with Gasteiger partial charge >= 0.3 is 0 Å². The maximum absolute atomic E-state index is 9.67. The Kier molecular flexibility index (Phi) is 5.73. The molecule has 5 aromatic rings. The van der Waals surface area contributed by atoms with Crippen molar-refractivity contribution in [1.29, 1.82) is 5.26 Å². The fourth-order valence-electron chi connectivity index (χ4n) is 4.92. The van der Waals surface area contributed by atoms with Crippen LogP contribution in [-0.4, -0.2) is 23.2 Å². The zero-order valence-electron chi connectivity index (χ0n) is 19.6. The Morgan fingerprint density at radius 3 is 2.61 bits per heavy atom. The molecule has 6 heteroatoms. The molecule has 1 aliphatic heterocycles. The lowest BCUT2D eigenvalue weighted by atomic mass is 9.83. The number of H-pyrrole nitrogens is 1. The van der Waals surface area contributed by atoms with Crippen molar-refractivity contribution < 1.29 is 4.74 Å². The Balaban J connectivity index is 1.60. The molecule has 0 atom stereocenters. The third-order valence-electron chi connectivity index (χ3n) is 7.00. The molecule has 1 saturated heterocycles. The van der Waals surface area contributed by atoms with Gasteiger partial charge in [0.25, 0.3) is 0 Å². The fourth-order valence-corrected chi connectivity index (χ4v) is 5.54. The summed E-state index contributed by atoms with van der Waals surface area (Å²) in [6.45, 7) is 3.75. The molecule has 0 bridgehead atoms. The number of aromatic amines is 1. The molecule has 4 aromatic carbocycles. The number of nitrogens with zero attached hydrogens (tertiary/aromatic N) is 2. The van der Waals surface area contributed by atoms with Crippen molar-refractivity contribution >= 4 is 60.1 Å². The van der Waals surface area contributed by atoms with Crippen molar-refractivity contribution in [3.63, 3.8) is 0 Å². The molecular formula is C30H21BrClN3O. The van der Waals surface area contributed by atoms with Crippen molar-refractivity contribution in [2.24, 2.45) is 5.41 Å². The highest BCUT2D eigenvalue weighted by atomic mass is 79.9. The zero-order chi connectivity index (χ0) is 24.9. The molecule has 1 fully saturated rings. The molecule has 0 amide bonds.